The lowest BCUT2D eigenvalue weighted by atomic mass is 10.1. The molecular formula is C12H12F2N4O3. The summed E-state index contributed by atoms with van der Waals surface area (Å²) >= 11 is 0. The van der Waals surface area contributed by atoms with Crippen molar-refractivity contribution in [3.8, 4) is 0 Å². The number of halogens is 2. The van der Waals surface area contributed by atoms with Crippen molar-refractivity contribution in [2.75, 3.05) is 18.4 Å². The molecule has 1 atom stereocenters. The molecule has 1 aromatic carbocycles. The van der Waals surface area contributed by atoms with E-state index in [0.717, 1.165) is 6.07 Å². The Balaban J connectivity index is 2.15. The van der Waals surface area contributed by atoms with Crippen LogP contribution in [0.4, 0.5) is 14.5 Å². The number of piperazine rings is 1. The topological polar surface area (TPSA) is 113 Å². The van der Waals surface area contributed by atoms with Gasteiger partial charge in [0.1, 0.15) is 17.7 Å². The standard InChI is InChI=1S/C12H12F2N4O3/c13-6-2-7(14)8(1-5(6)11(15)20)18-12(21)9-3-17-10(19)4-16-9/h1-2,9,16H,3-4H2,(H2,15,20)(H,17,19)(H,18,21). The van der Waals surface area contributed by atoms with Crippen molar-refractivity contribution in [3.63, 3.8) is 0 Å². The third kappa shape index (κ3) is 3.31. The Labute approximate surface area is 117 Å². The number of nitrogens with one attached hydrogen (secondary N) is 3. The van der Waals surface area contributed by atoms with Crippen molar-refractivity contribution in [1.29, 1.82) is 0 Å². The molecule has 21 heavy (non-hydrogen) atoms. The lowest BCUT2D eigenvalue weighted by Gasteiger charge is -2.23. The van der Waals surface area contributed by atoms with Crippen LogP contribution in [0.3, 0.4) is 0 Å². The van der Waals surface area contributed by atoms with Crippen molar-refractivity contribution in [2.45, 2.75) is 6.04 Å². The summed E-state index contributed by atoms with van der Waals surface area (Å²) in [5.74, 6) is -4.11. The maximum absolute atomic E-state index is 13.6. The predicted molar refractivity (Wildman–Crippen MR) is 68.3 cm³/mol. The number of hydrogen-bond acceptors (Lipinski definition) is 4. The summed E-state index contributed by atoms with van der Waals surface area (Å²) in [5.41, 5.74) is 4.05. The Kier molecular flexibility index (Phi) is 4.13. The number of benzene rings is 1. The minimum Gasteiger partial charge on any atom is -0.366 e. The molecule has 1 aromatic rings. The van der Waals surface area contributed by atoms with Crippen LogP contribution in [0.2, 0.25) is 0 Å². The van der Waals surface area contributed by atoms with Crippen LogP contribution in [0.15, 0.2) is 12.1 Å². The van der Waals surface area contributed by atoms with Gasteiger partial charge in [-0.25, -0.2) is 8.78 Å². The quantitative estimate of drug-likeness (QED) is 0.578. The molecule has 0 bridgehead atoms. The van der Waals surface area contributed by atoms with Gasteiger partial charge in [0.2, 0.25) is 11.8 Å². The van der Waals surface area contributed by atoms with Crippen molar-refractivity contribution >= 4 is 23.4 Å². The highest BCUT2D eigenvalue weighted by Crippen LogP contribution is 2.19. The van der Waals surface area contributed by atoms with Crippen LogP contribution in [-0.2, 0) is 9.59 Å². The van der Waals surface area contributed by atoms with E-state index in [0.29, 0.717) is 6.07 Å². The summed E-state index contributed by atoms with van der Waals surface area (Å²) in [6.45, 7) is -0.00726. The van der Waals surface area contributed by atoms with Crippen LogP contribution in [0.5, 0.6) is 0 Å². The summed E-state index contributed by atoms with van der Waals surface area (Å²) in [4.78, 5) is 33.8. The Morgan fingerprint density at radius 3 is 2.57 bits per heavy atom. The third-order valence-electron chi connectivity index (χ3n) is 2.91. The van der Waals surface area contributed by atoms with Gasteiger partial charge in [-0.3, -0.25) is 19.7 Å². The molecule has 7 nitrogen and oxygen atoms in total. The highest BCUT2D eigenvalue weighted by Gasteiger charge is 2.25. The fraction of sp³-hybridized carbons (Fsp3) is 0.250. The zero-order chi connectivity index (χ0) is 15.6. The second-order valence-electron chi connectivity index (χ2n) is 4.40. The maximum atomic E-state index is 13.6. The first-order valence-corrected chi connectivity index (χ1v) is 5.98. The van der Waals surface area contributed by atoms with E-state index in [2.05, 4.69) is 16.0 Å². The molecule has 1 aliphatic rings. The van der Waals surface area contributed by atoms with E-state index in [9.17, 15) is 23.2 Å². The van der Waals surface area contributed by atoms with Crippen LogP contribution in [0, 0.1) is 11.6 Å². The summed E-state index contributed by atoms with van der Waals surface area (Å²) < 4.78 is 26.9. The number of rotatable bonds is 3. The number of carbonyl (C=O) groups is 3. The van der Waals surface area contributed by atoms with Gasteiger partial charge >= 0.3 is 0 Å². The third-order valence-corrected chi connectivity index (χ3v) is 2.91. The highest BCUT2D eigenvalue weighted by molar-refractivity contribution is 5.99. The monoisotopic (exact) mass is 298 g/mol. The Hall–Kier alpha value is -2.55. The van der Waals surface area contributed by atoms with Crippen LogP contribution in [0.1, 0.15) is 10.4 Å². The van der Waals surface area contributed by atoms with Gasteiger partial charge in [-0.2, -0.15) is 0 Å². The first-order valence-electron chi connectivity index (χ1n) is 5.98. The number of amides is 3. The molecule has 2 rings (SSSR count). The second kappa shape index (κ2) is 5.83. The predicted octanol–water partition coefficient (Wildman–Crippen LogP) is -0.910. The number of anilines is 1. The molecule has 0 saturated carbocycles. The van der Waals surface area contributed by atoms with E-state index < -0.39 is 35.1 Å². The molecule has 1 fully saturated rings. The van der Waals surface area contributed by atoms with Gasteiger partial charge in [-0.1, -0.05) is 0 Å². The zero-order valence-corrected chi connectivity index (χ0v) is 10.7. The minimum absolute atomic E-state index is 0.0379. The molecule has 0 aliphatic carbocycles. The normalized spacial score (nSPS) is 18.0. The van der Waals surface area contributed by atoms with Gasteiger partial charge < -0.3 is 16.4 Å². The Morgan fingerprint density at radius 1 is 1.29 bits per heavy atom. The first-order chi connectivity index (χ1) is 9.88. The maximum Gasteiger partial charge on any atom is 0.251 e. The Bertz CT molecular complexity index is 611. The van der Waals surface area contributed by atoms with E-state index >= 15 is 0 Å². The second-order valence-corrected chi connectivity index (χ2v) is 4.40. The van der Waals surface area contributed by atoms with Gasteiger partial charge in [-0.05, 0) is 6.07 Å². The molecule has 112 valence electrons. The van der Waals surface area contributed by atoms with Crippen molar-refractivity contribution in [2.24, 2.45) is 5.73 Å². The molecule has 1 heterocycles. The fourth-order valence-electron chi connectivity index (χ4n) is 1.81. The molecule has 9 heteroatoms. The van der Waals surface area contributed by atoms with Crippen LogP contribution < -0.4 is 21.7 Å². The van der Waals surface area contributed by atoms with E-state index in [-0.39, 0.29) is 24.7 Å². The van der Waals surface area contributed by atoms with E-state index in [4.69, 9.17) is 5.73 Å². The number of hydrogen-bond donors (Lipinski definition) is 4. The van der Waals surface area contributed by atoms with Gasteiger partial charge in [-0.15, -0.1) is 0 Å². The molecule has 0 spiro atoms. The van der Waals surface area contributed by atoms with Gasteiger partial charge in [0.25, 0.3) is 5.91 Å². The van der Waals surface area contributed by atoms with Crippen molar-refractivity contribution in [1.82, 2.24) is 10.6 Å². The summed E-state index contributed by atoms with van der Waals surface area (Å²) in [7, 11) is 0. The summed E-state index contributed by atoms with van der Waals surface area (Å²) in [6.07, 6.45) is 0. The lowest BCUT2D eigenvalue weighted by Crippen LogP contribution is -2.56. The van der Waals surface area contributed by atoms with E-state index in [1.54, 1.807) is 0 Å². The number of primary amides is 1. The van der Waals surface area contributed by atoms with Crippen LogP contribution in [0.25, 0.3) is 0 Å². The Morgan fingerprint density at radius 2 is 2.00 bits per heavy atom. The van der Waals surface area contributed by atoms with E-state index in [1.165, 1.54) is 0 Å². The molecule has 1 aliphatic heterocycles. The van der Waals surface area contributed by atoms with Gasteiger partial charge in [0.05, 0.1) is 17.8 Å². The molecule has 1 unspecified atom stereocenters. The summed E-state index contributed by atoms with van der Waals surface area (Å²) in [6, 6.07) is 0.530. The minimum atomic E-state index is -1.11. The molecule has 5 N–H and O–H groups in total. The van der Waals surface area contributed by atoms with E-state index in [1.807, 2.05) is 0 Å². The molecule has 1 saturated heterocycles. The average Bonchev–Trinajstić information content (AvgIpc) is 2.42. The van der Waals surface area contributed by atoms with Crippen LogP contribution >= 0.6 is 0 Å². The molecular weight excluding hydrogens is 286 g/mol. The van der Waals surface area contributed by atoms with Crippen molar-refractivity contribution in [3.05, 3.63) is 29.3 Å². The summed E-state index contributed by atoms with van der Waals surface area (Å²) in [5, 5.41) is 7.32. The number of carbonyl (C=O) groups excluding carboxylic acids is 3. The van der Waals surface area contributed by atoms with Crippen molar-refractivity contribution < 1.29 is 23.2 Å². The van der Waals surface area contributed by atoms with Crippen LogP contribution in [-0.4, -0.2) is 36.9 Å². The molecule has 0 aromatic heterocycles. The average molecular weight is 298 g/mol. The number of nitrogens with two attached hydrogens (primary N) is 1. The lowest BCUT2D eigenvalue weighted by molar-refractivity contribution is -0.124. The fourth-order valence-corrected chi connectivity index (χ4v) is 1.81. The largest absolute Gasteiger partial charge is 0.366 e. The van der Waals surface area contributed by atoms with Gasteiger partial charge in [0, 0.05) is 12.6 Å². The highest BCUT2D eigenvalue weighted by atomic mass is 19.1. The molecule has 3 amide bonds. The van der Waals surface area contributed by atoms with Gasteiger partial charge in [0.15, 0.2) is 0 Å². The molecule has 0 radical (unpaired) electrons. The first kappa shape index (κ1) is 14.9. The SMILES string of the molecule is NC(=O)c1cc(NC(=O)C2CNC(=O)CN2)c(F)cc1F. The smallest absolute Gasteiger partial charge is 0.251 e. The zero-order valence-electron chi connectivity index (χ0n) is 10.7.